The van der Waals surface area contributed by atoms with Gasteiger partial charge in [-0.05, 0) is 30.3 Å². The summed E-state index contributed by atoms with van der Waals surface area (Å²) >= 11 is 5.98. The lowest BCUT2D eigenvalue weighted by atomic mass is 10.2. The minimum Gasteiger partial charge on any atom is -0.433 e. The lowest BCUT2D eigenvalue weighted by molar-refractivity contribution is -0.0498. The number of alkyl halides is 2. The van der Waals surface area contributed by atoms with Crippen molar-refractivity contribution in [1.82, 2.24) is 9.55 Å². The maximum Gasteiger partial charge on any atom is 0.387 e. The van der Waals surface area contributed by atoms with Gasteiger partial charge in [-0.25, -0.2) is 4.98 Å². The highest BCUT2D eigenvalue weighted by atomic mass is 35.5. The molecule has 0 fully saturated rings. The second-order valence-corrected chi connectivity index (χ2v) is 4.72. The summed E-state index contributed by atoms with van der Waals surface area (Å²) in [5, 5.41) is 0.496. The predicted octanol–water partition coefficient (Wildman–Crippen LogP) is 3.86. The molecule has 0 atom stereocenters. The topological polar surface area (TPSA) is 53.1 Å². The number of benzene rings is 2. The lowest BCUT2D eigenvalue weighted by Gasteiger charge is -2.13. The van der Waals surface area contributed by atoms with Gasteiger partial charge in [-0.1, -0.05) is 23.7 Å². The van der Waals surface area contributed by atoms with Gasteiger partial charge in [-0.2, -0.15) is 8.78 Å². The van der Waals surface area contributed by atoms with Crippen LogP contribution >= 0.6 is 11.6 Å². The number of para-hydroxylation sites is 2. The van der Waals surface area contributed by atoms with Crippen molar-refractivity contribution in [2.45, 2.75) is 6.61 Å². The molecule has 0 aliphatic heterocycles. The molecular weight excluding hydrogens is 300 g/mol. The molecule has 1 heterocycles. The summed E-state index contributed by atoms with van der Waals surface area (Å²) in [6.07, 6.45) is 0. The van der Waals surface area contributed by atoms with E-state index in [2.05, 4.69) is 9.72 Å². The number of aromatic nitrogens is 2. The molecule has 0 amide bonds. The number of nitrogens with zero attached hydrogens (tertiary/aromatic N) is 2. The van der Waals surface area contributed by atoms with Crippen molar-refractivity contribution in [1.29, 1.82) is 0 Å². The van der Waals surface area contributed by atoms with Gasteiger partial charge >= 0.3 is 6.61 Å². The molecule has 0 radical (unpaired) electrons. The Morgan fingerprint density at radius 3 is 2.71 bits per heavy atom. The summed E-state index contributed by atoms with van der Waals surface area (Å²) in [5.41, 5.74) is 7.51. The van der Waals surface area contributed by atoms with Crippen LogP contribution in [-0.2, 0) is 0 Å². The lowest BCUT2D eigenvalue weighted by Crippen LogP contribution is -2.07. The Morgan fingerprint density at radius 2 is 1.95 bits per heavy atom. The van der Waals surface area contributed by atoms with E-state index in [1.54, 1.807) is 36.4 Å². The highest BCUT2D eigenvalue weighted by Crippen LogP contribution is 2.31. The third-order valence-corrected chi connectivity index (χ3v) is 3.20. The van der Waals surface area contributed by atoms with E-state index < -0.39 is 6.61 Å². The molecule has 3 rings (SSSR count). The zero-order chi connectivity index (χ0) is 15.0. The monoisotopic (exact) mass is 309 g/mol. The first kappa shape index (κ1) is 13.6. The summed E-state index contributed by atoms with van der Waals surface area (Å²) in [6, 6.07) is 11.4. The molecule has 21 heavy (non-hydrogen) atoms. The average molecular weight is 310 g/mol. The Hall–Kier alpha value is -2.34. The molecule has 0 saturated carbocycles. The van der Waals surface area contributed by atoms with Crippen LogP contribution in [0.2, 0.25) is 5.02 Å². The van der Waals surface area contributed by atoms with Gasteiger partial charge in [0.05, 0.1) is 16.7 Å². The Balaban J connectivity index is 2.25. The van der Waals surface area contributed by atoms with Crippen LogP contribution in [0.3, 0.4) is 0 Å². The van der Waals surface area contributed by atoms with Gasteiger partial charge in [0.15, 0.2) is 0 Å². The fraction of sp³-hybridized carbons (Fsp3) is 0.0714. The van der Waals surface area contributed by atoms with Gasteiger partial charge in [0.25, 0.3) is 0 Å². The fourth-order valence-electron chi connectivity index (χ4n) is 2.16. The first-order chi connectivity index (χ1) is 10.1. The van der Waals surface area contributed by atoms with Gasteiger partial charge in [-0.15, -0.1) is 0 Å². The van der Waals surface area contributed by atoms with Crippen LogP contribution in [0.4, 0.5) is 14.7 Å². The maximum atomic E-state index is 12.5. The Morgan fingerprint density at radius 1 is 1.19 bits per heavy atom. The third-order valence-electron chi connectivity index (χ3n) is 2.96. The Bertz CT molecular complexity index is 804. The van der Waals surface area contributed by atoms with Crippen LogP contribution < -0.4 is 10.5 Å². The van der Waals surface area contributed by atoms with Crippen molar-refractivity contribution in [3.8, 4) is 11.4 Å². The number of halogens is 3. The van der Waals surface area contributed by atoms with Gasteiger partial charge < -0.3 is 10.5 Å². The van der Waals surface area contributed by atoms with Crippen molar-refractivity contribution in [3.05, 3.63) is 47.5 Å². The highest BCUT2D eigenvalue weighted by Gasteiger charge is 2.16. The molecule has 7 heteroatoms. The SMILES string of the molecule is Nc1nc2ccc(Cl)cc2n1-c1ccccc1OC(F)F. The van der Waals surface area contributed by atoms with Gasteiger partial charge in [0.1, 0.15) is 5.75 Å². The summed E-state index contributed by atoms with van der Waals surface area (Å²) in [4.78, 5) is 4.19. The number of anilines is 1. The quantitative estimate of drug-likeness (QED) is 0.799. The molecule has 0 aliphatic carbocycles. The number of hydrogen-bond acceptors (Lipinski definition) is 3. The molecule has 0 unspecified atom stereocenters. The molecular formula is C14H10ClF2N3O. The molecule has 3 aromatic rings. The standard InChI is InChI=1S/C14H10ClF2N3O/c15-8-5-6-9-11(7-8)20(14(18)19-9)10-3-1-2-4-12(10)21-13(16)17/h1-7,13H,(H2,18,19). The van der Waals surface area contributed by atoms with Crippen molar-refractivity contribution in [3.63, 3.8) is 0 Å². The number of rotatable bonds is 3. The van der Waals surface area contributed by atoms with Crippen LogP contribution in [0.25, 0.3) is 16.7 Å². The van der Waals surface area contributed by atoms with E-state index in [1.807, 2.05) is 0 Å². The van der Waals surface area contributed by atoms with Gasteiger partial charge in [0, 0.05) is 5.02 Å². The predicted molar refractivity (Wildman–Crippen MR) is 77.1 cm³/mol. The van der Waals surface area contributed by atoms with Crippen LogP contribution in [0.5, 0.6) is 5.75 Å². The fourth-order valence-corrected chi connectivity index (χ4v) is 2.32. The van der Waals surface area contributed by atoms with E-state index in [0.717, 1.165) is 0 Å². The number of nitrogen functional groups attached to an aromatic ring is 1. The minimum absolute atomic E-state index is 0.0125. The third kappa shape index (κ3) is 2.50. The molecule has 108 valence electrons. The number of ether oxygens (including phenoxy) is 1. The van der Waals surface area contributed by atoms with E-state index >= 15 is 0 Å². The van der Waals surface area contributed by atoms with Crippen molar-refractivity contribution < 1.29 is 13.5 Å². The van der Waals surface area contributed by atoms with Crippen molar-refractivity contribution in [2.75, 3.05) is 5.73 Å². The second-order valence-electron chi connectivity index (χ2n) is 4.28. The van der Waals surface area contributed by atoms with E-state index in [0.29, 0.717) is 21.7 Å². The van der Waals surface area contributed by atoms with E-state index in [9.17, 15) is 8.78 Å². The van der Waals surface area contributed by atoms with E-state index in [4.69, 9.17) is 17.3 Å². The molecule has 0 spiro atoms. The first-order valence-electron chi connectivity index (χ1n) is 6.04. The number of imidazole rings is 1. The smallest absolute Gasteiger partial charge is 0.387 e. The molecule has 2 N–H and O–H groups in total. The molecule has 0 saturated heterocycles. The summed E-state index contributed by atoms with van der Waals surface area (Å²) in [5.74, 6) is 0.177. The van der Waals surface area contributed by atoms with Gasteiger partial charge in [-0.3, -0.25) is 4.57 Å². The molecule has 2 aromatic carbocycles. The summed E-state index contributed by atoms with van der Waals surface area (Å²) in [6.45, 7) is -2.93. The normalized spacial score (nSPS) is 11.2. The van der Waals surface area contributed by atoms with Crippen LogP contribution in [0, 0.1) is 0 Å². The van der Waals surface area contributed by atoms with Crippen molar-refractivity contribution in [2.24, 2.45) is 0 Å². The first-order valence-corrected chi connectivity index (χ1v) is 6.42. The molecule has 1 aromatic heterocycles. The number of nitrogens with two attached hydrogens (primary N) is 1. The number of fused-ring (bicyclic) bond motifs is 1. The average Bonchev–Trinajstić information content (AvgIpc) is 2.74. The molecule has 0 aliphatic rings. The van der Waals surface area contributed by atoms with Crippen LogP contribution in [-0.4, -0.2) is 16.2 Å². The Kier molecular flexibility index (Phi) is 3.39. The highest BCUT2D eigenvalue weighted by molar-refractivity contribution is 6.31. The molecule has 4 nitrogen and oxygen atoms in total. The Labute approximate surface area is 123 Å². The summed E-state index contributed by atoms with van der Waals surface area (Å²) < 4.78 is 31.1. The zero-order valence-electron chi connectivity index (χ0n) is 10.6. The van der Waals surface area contributed by atoms with Crippen LogP contribution in [0.15, 0.2) is 42.5 Å². The van der Waals surface area contributed by atoms with Crippen molar-refractivity contribution >= 4 is 28.6 Å². The van der Waals surface area contributed by atoms with Gasteiger partial charge in [0.2, 0.25) is 5.95 Å². The van der Waals surface area contributed by atoms with Crippen LogP contribution in [0.1, 0.15) is 0 Å². The minimum atomic E-state index is -2.93. The molecule has 0 bridgehead atoms. The zero-order valence-corrected chi connectivity index (χ0v) is 11.4. The second kappa shape index (κ2) is 5.21. The summed E-state index contributed by atoms with van der Waals surface area (Å²) in [7, 11) is 0. The number of hydrogen-bond donors (Lipinski definition) is 1. The maximum absolute atomic E-state index is 12.5. The van der Waals surface area contributed by atoms with E-state index in [1.165, 1.54) is 10.6 Å². The van der Waals surface area contributed by atoms with E-state index in [-0.39, 0.29) is 11.7 Å². The largest absolute Gasteiger partial charge is 0.433 e.